The maximum absolute atomic E-state index is 13.1. The maximum Gasteiger partial charge on any atom is 0.256 e. The standard InChI is InChI=1S/C30H26N4OS/c1-2-8-21-9-7-11-23(19-21)32-30(35)26-12-3-4-13-29(26)36-24-15-16-25-27(33-34-28(25)20-24)17-14-22-10-5-6-18-31-22/h3-7,9-20H,2,8H2,1H3,(H,32,35)(H,33,34)/b17-14+. The molecule has 5 nitrogen and oxygen atoms in total. The fourth-order valence-electron chi connectivity index (χ4n) is 4.01. The number of pyridine rings is 1. The summed E-state index contributed by atoms with van der Waals surface area (Å²) < 4.78 is 0. The number of aromatic amines is 1. The summed E-state index contributed by atoms with van der Waals surface area (Å²) in [5, 5.41) is 11.7. The molecule has 0 bridgehead atoms. The van der Waals surface area contributed by atoms with Crippen molar-refractivity contribution in [3.8, 4) is 0 Å². The van der Waals surface area contributed by atoms with Gasteiger partial charge in [-0.05, 0) is 78.7 Å². The van der Waals surface area contributed by atoms with Crippen LogP contribution in [-0.2, 0) is 6.42 Å². The Kier molecular flexibility index (Phi) is 7.24. The highest BCUT2D eigenvalue weighted by Crippen LogP contribution is 2.33. The first-order chi connectivity index (χ1) is 17.7. The predicted molar refractivity (Wildman–Crippen MR) is 148 cm³/mol. The van der Waals surface area contributed by atoms with Gasteiger partial charge < -0.3 is 5.32 Å². The number of amides is 1. The molecular formula is C30H26N4OS. The lowest BCUT2D eigenvalue weighted by molar-refractivity contribution is 0.102. The van der Waals surface area contributed by atoms with Crippen molar-refractivity contribution in [2.45, 2.75) is 29.6 Å². The van der Waals surface area contributed by atoms with E-state index in [-0.39, 0.29) is 5.91 Å². The summed E-state index contributed by atoms with van der Waals surface area (Å²) >= 11 is 1.56. The van der Waals surface area contributed by atoms with Crippen LogP contribution in [0.15, 0.2) is 101 Å². The molecule has 3 aromatic carbocycles. The van der Waals surface area contributed by atoms with Crippen LogP contribution in [-0.4, -0.2) is 21.1 Å². The van der Waals surface area contributed by atoms with E-state index in [1.807, 2.05) is 72.8 Å². The Morgan fingerprint density at radius 3 is 2.72 bits per heavy atom. The van der Waals surface area contributed by atoms with Gasteiger partial charge in [0.1, 0.15) is 0 Å². The van der Waals surface area contributed by atoms with E-state index in [2.05, 4.69) is 51.7 Å². The zero-order valence-electron chi connectivity index (χ0n) is 19.9. The molecule has 5 rings (SSSR count). The molecule has 36 heavy (non-hydrogen) atoms. The van der Waals surface area contributed by atoms with Gasteiger partial charge in [0.05, 0.1) is 22.5 Å². The van der Waals surface area contributed by atoms with Crippen LogP contribution >= 0.6 is 11.8 Å². The number of H-pyrrole nitrogens is 1. The Morgan fingerprint density at radius 1 is 0.972 bits per heavy atom. The number of anilines is 1. The Labute approximate surface area is 214 Å². The second-order valence-electron chi connectivity index (χ2n) is 8.41. The van der Waals surface area contributed by atoms with E-state index in [0.29, 0.717) is 5.56 Å². The number of nitrogens with one attached hydrogen (secondary N) is 2. The Hall–Kier alpha value is -4.16. The number of hydrogen-bond donors (Lipinski definition) is 2. The van der Waals surface area contributed by atoms with E-state index < -0.39 is 0 Å². The molecule has 0 unspecified atom stereocenters. The van der Waals surface area contributed by atoms with Crippen molar-refractivity contribution in [1.82, 2.24) is 15.2 Å². The normalized spacial score (nSPS) is 11.2. The van der Waals surface area contributed by atoms with E-state index in [4.69, 9.17) is 0 Å². The molecule has 0 saturated carbocycles. The van der Waals surface area contributed by atoms with Gasteiger partial charge in [-0.3, -0.25) is 14.9 Å². The van der Waals surface area contributed by atoms with Gasteiger partial charge in [0.15, 0.2) is 0 Å². The molecule has 0 aliphatic rings. The molecule has 0 atom stereocenters. The fourth-order valence-corrected chi connectivity index (χ4v) is 5.00. The Bertz CT molecular complexity index is 1520. The molecule has 6 heteroatoms. The topological polar surface area (TPSA) is 70.7 Å². The first-order valence-electron chi connectivity index (χ1n) is 11.9. The van der Waals surface area contributed by atoms with Gasteiger partial charge in [-0.25, -0.2) is 0 Å². The van der Waals surface area contributed by atoms with Crippen molar-refractivity contribution < 1.29 is 4.79 Å². The molecule has 0 radical (unpaired) electrons. The summed E-state index contributed by atoms with van der Waals surface area (Å²) in [4.78, 5) is 19.4. The minimum atomic E-state index is -0.115. The van der Waals surface area contributed by atoms with Gasteiger partial charge in [-0.2, -0.15) is 5.10 Å². The zero-order valence-corrected chi connectivity index (χ0v) is 20.8. The minimum absolute atomic E-state index is 0.115. The summed E-state index contributed by atoms with van der Waals surface area (Å²) in [6, 6.07) is 27.7. The number of rotatable bonds is 8. The molecule has 2 aromatic heterocycles. The van der Waals surface area contributed by atoms with Crippen molar-refractivity contribution in [3.05, 3.63) is 114 Å². The maximum atomic E-state index is 13.1. The quantitative estimate of drug-likeness (QED) is 0.236. The molecule has 5 aromatic rings. The number of benzene rings is 3. The lowest BCUT2D eigenvalue weighted by Gasteiger charge is -2.11. The van der Waals surface area contributed by atoms with Gasteiger partial charge in [0.2, 0.25) is 0 Å². The predicted octanol–water partition coefficient (Wildman–Crippen LogP) is 7.48. The van der Waals surface area contributed by atoms with Crippen molar-refractivity contribution in [3.63, 3.8) is 0 Å². The van der Waals surface area contributed by atoms with E-state index in [1.54, 1.807) is 18.0 Å². The highest BCUT2D eigenvalue weighted by molar-refractivity contribution is 7.99. The van der Waals surface area contributed by atoms with Crippen LogP contribution in [0.3, 0.4) is 0 Å². The second kappa shape index (κ2) is 11.1. The molecule has 178 valence electrons. The summed E-state index contributed by atoms with van der Waals surface area (Å²) in [7, 11) is 0. The van der Waals surface area contributed by atoms with Crippen molar-refractivity contribution in [2.75, 3.05) is 5.32 Å². The van der Waals surface area contributed by atoms with Crippen LogP contribution in [0.5, 0.6) is 0 Å². The largest absolute Gasteiger partial charge is 0.322 e. The molecule has 1 amide bonds. The Morgan fingerprint density at radius 2 is 1.86 bits per heavy atom. The number of carbonyl (C=O) groups excluding carboxylic acids is 1. The summed E-state index contributed by atoms with van der Waals surface area (Å²) in [6.07, 6.45) is 7.74. The monoisotopic (exact) mass is 490 g/mol. The third-order valence-electron chi connectivity index (χ3n) is 5.75. The third-order valence-corrected chi connectivity index (χ3v) is 6.81. The van der Waals surface area contributed by atoms with Crippen LogP contribution in [0.2, 0.25) is 0 Å². The van der Waals surface area contributed by atoms with Crippen molar-refractivity contribution in [1.29, 1.82) is 0 Å². The number of fused-ring (bicyclic) bond motifs is 1. The molecule has 2 N–H and O–H groups in total. The van der Waals surface area contributed by atoms with Crippen LogP contribution < -0.4 is 5.32 Å². The summed E-state index contributed by atoms with van der Waals surface area (Å²) in [6.45, 7) is 2.15. The highest BCUT2D eigenvalue weighted by atomic mass is 32.2. The fraction of sp³-hybridized carbons (Fsp3) is 0.100. The van der Waals surface area contributed by atoms with Gasteiger partial charge in [0.25, 0.3) is 5.91 Å². The second-order valence-corrected chi connectivity index (χ2v) is 9.52. The third kappa shape index (κ3) is 5.56. The molecule has 0 spiro atoms. The van der Waals surface area contributed by atoms with E-state index >= 15 is 0 Å². The lowest BCUT2D eigenvalue weighted by atomic mass is 10.1. The number of nitrogens with zero attached hydrogens (tertiary/aromatic N) is 2. The molecule has 0 aliphatic heterocycles. The van der Waals surface area contributed by atoms with Crippen LogP contribution in [0.4, 0.5) is 5.69 Å². The number of aryl methyl sites for hydroxylation is 1. The smallest absolute Gasteiger partial charge is 0.256 e. The van der Waals surface area contributed by atoms with E-state index in [0.717, 1.165) is 50.6 Å². The summed E-state index contributed by atoms with van der Waals surface area (Å²) in [5.41, 5.74) is 5.36. The average Bonchev–Trinajstić information content (AvgIpc) is 3.31. The van der Waals surface area contributed by atoms with Gasteiger partial charge in [0, 0.05) is 27.1 Å². The van der Waals surface area contributed by atoms with Gasteiger partial charge in [-0.15, -0.1) is 0 Å². The number of hydrogen-bond acceptors (Lipinski definition) is 4. The first kappa shape index (κ1) is 23.6. The Balaban J connectivity index is 1.34. The van der Waals surface area contributed by atoms with Crippen LogP contribution in [0.25, 0.3) is 23.1 Å². The van der Waals surface area contributed by atoms with Crippen molar-refractivity contribution >= 4 is 46.4 Å². The van der Waals surface area contributed by atoms with E-state index in [1.165, 1.54) is 5.56 Å². The number of carbonyl (C=O) groups is 1. The molecule has 0 aliphatic carbocycles. The summed E-state index contributed by atoms with van der Waals surface area (Å²) in [5.74, 6) is -0.115. The first-order valence-corrected chi connectivity index (χ1v) is 12.8. The minimum Gasteiger partial charge on any atom is -0.322 e. The number of aromatic nitrogens is 3. The molecule has 2 heterocycles. The van der Waals surface area contributed by atoms with Crippen LogP contribution in [0, 0.1) is 0 Å². The molecular weight excluding hydrogens is 464 g/mol. The molecule has 0 saturated heterocycles. The SMILES string of the molecule is CCCc1cccc(NC(=O)c2ccccc2Sc2ccc3c(/C=C/c4ccccn4)n[nH]c3c2)c1. The average molecular weight is 491 g/mol. The molecule has 0 fully saturated rings. The van der Waals surface area contributed by atoms with E-state index in [9.17, 15) is 4.79 Å². The van der Waals surface area contributed by atoms with Crippen molar-refractivity contribution in [2.24, 2.45) is 0 Å². The van der Waals surface area contributed by atoms with Crippen LogP contribution in [0.1, 0.15) is 40.7 Å². The zero-order chi connectivity index (χ0) is 24.7. The lowest BCUT2D eigenvalue weighted by Crippen LogP contribution is -2.13. The van der Waals surface area contributed by atoms with Gasteiger partial charge in [-0.1, -0.05) is 55.4 Å². The van der Waals surface area contributed by atoms with Gasteiger partial charge >= 0.3 is 0 Å². The highest BCUT2D eigenvalue weighted by Gasteiger charge is 2.13.